The zero-order chi connectivity index (χ0) is 21.1. The second-order valence-corrected chi connectivity index (χ2v) is 7.43. The zero-order valence-corrected chi connectivity index (χ0v) is 16.7. The minimum atomic E-state index is -0.172. The first-order valence-electron chi connectivity index (χ1n) is 9.76. The number of hydrogen-bond acceptors (Lipinski definition) is 5. The van der Waals surface area contributed by atoms with Gasteiger partial charge in [0.05, 0.1) is 35.1 Å². The second-order valence-electron chi connectivity index (χ2n) is 7.43. The summed E-state index contributed by atoms with van der Waals surface area (Å²) in [6.07, 6.45) is 1.56. The van der Waals surface area contributed by atoms with Gasteiger partial charge in [-0.25, -0.2) is 4.68 Å². The summed E-state index contributed by atoms with van der Waals surface area (Å²) in [7, 11) is 2.05. The highest BCUT2D eigenvalue weighted by atomic mass is 16.2. The van der Waals surface area contributed by atoms with Crippen molar-refractivity contribution in [2.45, 2.75) is 6.54 Å². The normalized spacial score (nSPS) is 14.5. The van der Waals surface area contributed by atoms with Crippen molar-refractivity contribution in [1.82, 2.24) is 24.6 Å². The summed E-state index contributed by atoms with van der Waals surface area (Å²) in [5, 5.41) is 12.0. The van der Waals surface area contributed by atoms with Crippen LogP contribution in [0.25, 0.3) is 11.4 Å². The number of H-pyrrole nitrogens is 1. The number of pyridine rings is 1. The van der Waals surface area contributed by atoms with E-state index in [9.17, 15) is 9.59 Å². The summed E-state index contributed by atoms with van der Waals surface area (Å²) in [5.74, 6) is -0.0194. The third kappa shape index (κ3) is 4.16. The van der Waals surface area contributed by atoms with Crippen molar-refractivity contribution >= 4 is 5.91 Å². The average Bonchev–Trinajstić information content (AvgIpc) is 3.14. The Labute approximate surface area is 174 Å². The average molecular weight is 402 g/mol. The highest BCUT2D eigenvalue weighted by Gasteiger charge is 2.20. The molecule has 1 amide bonds. The fourth-order valence-electron chi connectivity index (χ4n) is 3.42. The number of aromatic amines is 1. The number of carbonyl (C=O) groups excluding carboxylic acids is 1. The maximum absolute atomic E-state index is 12.6. The molecule has 3 aromatic rings. The van der Waals surface area contributed by atoms with Crippen LogP contribution < -0.4 is 5.56 Å². The van der Waals surface area contributed by atoms with Gasteiger partial charge in [0.1, 0.15) is 0 Å². The van der Waals surface area contributed by atoms with E-state index in [1.807, 2.05) is 24.1 Å². The van der Waals surface area contributed by atoms with Crippen molar-refractivity contribution in [3.05, 3.63) is 75.7 Å². The largest absolute Gasteiger partial charge is 0.336 e. The summed E-state index contributed by atoms with van der Waals surface area (Å²) >= 11 is 0. The molecule has 0 spiro atoms. The molecule has 30 heavy (non-hydrogen) atoms. The quantitative estimate of drug-likeness (QED) is 0.714. The van der Waals surface area contributed by atoms with E-state index in [0.29, 0.717) is 42.1 Å². The molecule has 0 bridgehead atoms. The van der Waals surface area contributed by atoms with Crippen molar-refractivity contribution in [3.8, 4) is 17.5 Å². The fourth-order valence-corrected chi connectivity index (χ4v) is 3.42. The zero-order valence-electron chi connectivity index (χ0n) is 16.7. The third-order valence-electron chi connectivity index (χ3n) is 5.29. The van der Waals surface area contributed by atoms with Gasteiger partial charge in [-0.1, -0.05) is 12.1 Å². The van der Waals surface area contributed by atoms with Crippen molar-refractivity contribution in [2.24, 2.45) is 0 Å². The highest BCUT2D eigenvalue weighted by Crippen LogP contribution is 2.15. The summed E-state index contributed by atoms with van der Waals surface area (Å²) < 4.78 is 1.49. The Hall–Kier alpha value is -3.70. The van der Waals surface area contributed by atoms with Crippen LogP contribution in [0.15, 0.2) is 53.5 Å². The van der Waals surface area contributed by atoms with E-state index in [1.165, 1.54) is 10.7 Å². The second kappa shape index (κ2) is 8.35. The molecule has 8 nitrogen and oxygen atoms in total. The SMILES string of the molecule is CN1CCN(C(=O)c2ccc(-c3cc(=O)n(Cc4ccc(C#N)cc4)[nH]3)nc2)CC1. The number of piperazine rings is 1. The van der Waals surface area contributed by atoms with Crippen molar-refractivity contribution < 1.29 is 4.79 Å². The van der Waals surface area contributed by atoms with Crippen LogP contribution >= 0.6 is 0 Å². The lowest BCUT2D eigenvalue weighted by Crippen LogP contribution is -2.47. The number of nitrogens with one attached hydrogen (secondary N) is 1. The van der Waals surface area contributed by atoms with Gasteiger partial charge in [0, 0.05) is 38.4 Å². The molecule has 0 aliphatic carbocycles. The van der Waals surface area contributed by atoms with Gasteiger partial charge < -0.3 is 9.80 Å². The van der Waals surface area contributed by atoms with Gasteiger partial charge in [-0.2, -0.15) is 5.26 Å². The standard InChI is InChI=1S/C22H22N6O2/c1-26-8-10-27(11-9-26)22(30)18-6-7-19(24-14-18)20-12-21(29)28(25-20)15-17-4-2-16(13-23)3-5-17/h2-7,12,14,25H,8-11,15H2,1H3. The Morgan fingerprint density at radius 2 is 1.87 bits per heavy atom. The number of carbonyl (C=O) groups is 1. The molecular formula is C22H22N6O2. The van der Waals surface area contributed by atoms with Gasteiger partial charge in [0.15, 0.2) is 0 Å². The predicted molar refractivity (Wildman–Crippen MR) is 112 cm³/mol. The van der Waals surface area contributed by atoms with E-state index < -0.39 is 0 Å². The smallest absolute Gasteiger partial charge is 0.267 e. The number of amides is 1. The Morgan fingerprint density at radius 1 is 1.13 bits per heavy atom. The van der Waals surface area contributed by atoms with E-state index in [-0.39, 0.29) is 11.5 Å². The Kier molecular flexibility index (Phi) is 5.46. The number of benzene rings is 1. The first-order valence-corrected chi connectivity index (χ1v) is 9.76. The Morgan fingerprint density at radius 3 is 2.50 bits per heavy atom. The van der Waals surface area contributed by atoms with Crippen molar-refractivity contribution in [2.75, 3.05) is 33.2 Å². The Bertz CT molecular complexity index is 1130. The van der Waals surface area contributed by atoms with Crippen molar-refractivity contribution in [1.29, 1.82) is 5.26 Å². The molecule has 1 saturated heterocycles. The van der Waals surface area contributed by atoms with Crippen LogP contribution in [0.5, 0.6) is 0 Å². The molecule has 0 saturated carbocycles. The van der Waals surface area contributed by atoms with Gasteiger partial charge in [0.25, 0.3) is 11.5 Å². The molecule has 0 radical (unpaired) electrons. The van der Waals surface area contributed by atoms with Gasteiger partial charge in [-0.05, 0) is 36.9 Å². The number of hydrogen-bond donors (Lipinski definition) is 1. The molecule has 8 heteroatoms. The summed E-state index contributed by atoms with van der Waals surface area (Å²) in [5.41, 5.74) is 3.04. The Balaban J connectivity index is 1.48. The fraction of sp³-hybridized carbons (Fsp3) is 0.273. The first kappa shape index (κ1) is 19.6. The monoisotopic (exact) mass is 402 g/mol. The van der Waals surface area contributed by atoms with Gasteiger partial charge in [-0.15, -0.1) is 0 Å². The van der Waals surface area contributed by atoms with E-state index in [4.69, 9.17) is 5.26 Å². The summed E-state index contributed by atoms with van der Waals surface area (Å²) in [6.45, 7) is 3.52. The molecule has 2 aromatic heterocycles. The molecule has 4 rings (SSSR count). The highest BCUT2D eigenvalue weighted by molar-refractivity contribution is 5.94. The minimum Gasteiger partial charge on any atom is -0.336 e. The number of nitriles is 1. The van der Waals surface area contributed by atoms with E-state index in [2.05, 4.69) is 21.1 Å². The number of rotatable bonds is 4. The molecule has 152 valence electrons. The molecule has 1 N–H and O–H groups in total. The van der Waals surface area contributed by atoms with Crippen LogP contribution in [-0.4, -0.2) is 63.7 Å². The van der Waals surface area contributed by atoms with Crippen LogP contribution in [0.2, 0.25) is 0 Å². The maximum Gasteiger partial charge on any atom is 0.267 e. The lowest BCUT2D eigenvalue weighted by Gasteiger charge is -2.32. The third-order valence-corrected chi connectivity index (χ3v) is 5.29. The number of likely N-dealkylation sites (N-methyl/N-ethyl adjacent to an activating group) is 1. The van der Waals surface area contributed by atoms with Crippen LogP contribution in [0.4, 0.5) is 0 Å². The molecular weight excluding hydrogens is 380 g/mol. The molecule has 1 fully saturated rings. The van der Waals surface area contributed by atoms with E-state index in [1.54, 1.807) is 30.5 Å². The minimum absolute atomic E-state index is 0.0194. The van der Waals surface area contributed by atoms with Gasteiger partial charge in [0.2, 0.25) is 0 Å². The topological polar surface area (TPSA) is 98.0 Å². The van der Waals surface area contributed by atoms with E-state index in [0.717, 1.165) is 18.7 Å². The van der Waals surface area contributed by atoms with E-state index >= 15 is 0 Å². The molecule has 1 aliphatic heterocycles. The maximum atomic E-state index is 12.6. The molecule has 1 aliphatic rings. The first-order chi connectivity index (χ1) is 14.5. The van der Waals surface area contributed by atoms with Crippen LogP contribution in [-0.2, 0) is 6.54 Å². The van der Waals surface area contributed by atoms with Gasteiger partial charge in [-0.3, -0.25) is 19.7 Å². The lowest BCUT2D eigenvalue weighted by molar-refractivity contribution is 0.0663. The molecule has 1 aromatic carbocycles. The molecule has 0 unspecified atom stereocenters. The molecule has 0 atom stereocenters. The number of nitrogens with zero attached hydrogens (tertiary/aromatic N) is 5. The number of aromatic nitrogens is 3. The van der Waals surface area contributed by atoms with Crippen molar-refractivity contribution in [3.63, 3.8) is 0 Å². The van der Waals surface area contributed by atoms with Gasteiger partial charge >= 0.3 is 0 Å². The molecule has 3 heterocycles. The summed E-state index contributed by atoms with van der Waals surface area (Å²) in [6, 6.07) is 14.2. The summed E-state index contributed by atoms with van der Waals surface area (Å²) in [4.78, 5) is 33.4. The predicted octanol–water partition coefficient (Wildman–Crippen LogP) is 1.55. The lowest BCUT2D eigenvalue weighted by atomic mass is 10.1. The van der Waals surface area contributed by atoms with Crippen LogP contribution in [0, 0.1) is 11.3 Å². The van der Waals surface area contributed by atoms with Crippen LogP contribution in [0.1, 0.15) is 21.5 Å². The van der Waals surface area contributed by atoms with Crippen LogP contribution in [0.3, 0.4) is 0 Å².